The summed E-state index contributed by atoms with van der Waals surface area (Å²) in [6.07, 6.45) is 3.26. The highest BCUT2D eigenvalue weighted by Gasteiger charge is 2.28. The number of hydrogen-bond donors (Lipinski definition) is 1. The Labute approximate surface area is 189 Å². The van der Waals surface area contributed by atoms with Crippen molar-refractivity contribution in [2.24, 2.45) is 0 Å². The monoisotopic (exact) mass is 446 g/mol. The van der Waals surface area contributed by atoms with Crippen LogP contribution in [0.25, 0.3) is 0 Å². The molecule has 162 valence electrons. The van der Waals surface area contributed by atoms with Crippen LogP contribution >= 0.6 is 23.4 Å². The summed E-state index contributed by atoms with van der Waals surface area (Å²) in [5, 5.41) is 3.67. The first-order chi connectivity index (χ1) is 14.5. The van der Waals surface area contributed by atoms with E-state index in [9.17, 15) is 9.59 Å². The maximum Gasteiger partial charge on any atom is 0.242 e. The van der Waals surface area contributed by atoms with Crippen molar-refractivity contribution in [3.05, 3.63) is 65.2 Å². The molecule has 6 heteroatoms. The first-order valence-corrected chi connectivity index (χ1v) is 11.9. The molecule has 0 saturated carbocycles. The molecule has 4 nitrogen and oxygen atoms in total. The van der Waals surface area contributed by atoms with Crippen LogP contribution in [0.2, 0.25) is 5.02 Å². The van der Waals surface area contributed by atoms with Gasteiger partial charge in [0.15, 0.2) is 0 Å². The lowest BCUT2D eigenvalue weighted by Gasteiger charge is -2.30. The molecule has 2 rings (SSSR count). The number of halogens is 1. The van der Waals surface area contributed by atoms with Crippen molar-refractivity contribution in [3.63, 3.8) is 0 Å². The standard InChI is InChI=1S/C24H31ClN2O2S/c1-3-5-16-26-24(29)22(4-2)27(17-15-19-9-7-6-8-10-19)23(28)18-30-21-13-11-20(25)12-14-21/h6-14,22H,3-5,15-18H2,1-2H3,(H,26,29)/t22-/m1/s1. The molecular formula is C24H31ClN2O2S. The van der Waals surface area contributed by atoms with Gasteiger partial charge in [-0.05, 0) is 49.1 Å². The lowest BCUT2D eigenvalue weighted by atomic mass is 10.1. The summed E-state index contributed by atoms with van der Waals surface area (Å²) in [6, 6.07) is 17.1. The van der Waals surface area contributed by atoms with Gasteiger partial charge >= 0.3 is 0 Å². The third-order valence-corrected chi connectivity index (χ3v) is 6.12. The predicted molar refractivity (Wildman–Crippen MR) is 126 cm³/mol. The molecule has 2 aromatic rings. The zero-order chi connectivity index (χ0) is 21.8. The minimum Gasteiger partial charge on any atom is -0.354 e. The van der Waals surface area contributed by atoms with Crippen molar-refractivity contribution in [3.8, 4) is 0 Å². The SMILES string of the molecule is CCCCNC(=O)[C@@H](CC)N(CCc1ccccc1)C(=O)CSc1ccc(Cl)cc1. The molecule has 0 aromatic heterocycles. The molecule has 1 atom stereocenters. The van der Waals surface area contributed by atoms with Crippen LogP contribution < -0.4 is 5.32 Å². The number of carbonyl (C=O) groups is 2. The minimum atomic E-state index is -0.455. The summed E-state index contributed by atoms with van der Waals surface area (Å²) < 4.78 is 0. The van der Waals surface area contributed by atoms with E-state index in [2.05, 4.69) is 12.2 Å². The molecule has 30 heavy (non-hydrogen) atoms. The molecule has 1 N–H and O–H groups in total. The summed E-state index contributed by atoms with van der Waals surface area (Å²) in [4.78, 5) is 28.7. The number of hydrogen-bond acceptors (Lipinski definition) is 3. The molecule has 0 radical (unpaired) electrons. The van der Waals surface area contributed by atoms with Gasteiger partial charge < -0.3 is 10.2 Å². The molecule has 0 spiro atoms. The van der Waals surface area contributed by atoms with Crippen molar-refractivity contribution in [2.75, 3.05) is 18.8 Å². The normalized spacial score (nSPS) is 11.7. The molecule has 0 saturated heterocycles. The molecule has 0 heterocycles. The second-order valence-electron chi connectivity index (χ2n) is 7.13. The summed E-state index contributed by atoms with van der Waals surface area (Å²) in [5.41, 5.74) is 1.15. The van der Waals surface area contributed by atoms with Gasteiger partial charge in [-0.15, -0.1) is 11.8 Å². The van der Waals surface area contributed by atoms with Gasteiger partial charge in [-0.3, -0.25) is 9.59 Å². The van der Waals surface area contributed by atoms with Crippen LogP contribution in [0.4, 0.5) is 0 Å². The van der Waals surface area contributed by atoms with E-state index in [1.165, 1.54) is 11.8 Å². The first kappa shape index (κ1) is 24.3. The van der Waals surface area contributed by atoms with Gasteiger partial charge in [-0.1, -0.05) is 62.2 Å². The van der Waals surface area contributed by atoms with Crippen LogP contribution in [0.15, 0.2) is 59.5 Å². The van der Waals surface area contributed by atoms with E-state index in [1.807, 2.05) is 61.5 Å². The van der Waals surface area contributed by atoms with Gasteiger partial charge in [0.25, 0.3) is 0 Å². The number of thioether (sulfide) groups is 1. The number of benzene rings is 2. The zero-order valence-corrected chi connectivity index (χ0v) is 19.3. The highest BCUT2D eigenvalue weighted by molar-refractivity contribution is 8.00. The van der Waals surface area contributed by atoms with Gasteiger partial charge in [0.1, 0.15) is 6.04 Å². The molecule has 0 bridgehead atoms. The summed E-state index contributed by atoms with van der Waals surface area (Å²) in [5.74, 6) is 0.196. The average molecular weight is 447 g/mol. The lowest BCUT2D eigenvalue weighted by Crippen LogP contribution is -2.50. The summed E-state index contributed by atoms with van der Waals surface area (Å²) >= 11 is 7.41. The Morgan fingerprint density at radius 1 is 1.07 bits per heavy atom. The number of nitrogens with zero attached hydrogens (tertiary/aromatic N) is 1. The third-order valence-electron chi connectivity index (χ3n) is 4.88. The summed E-state index contributed by atoms with van der Waals surface area (Å²) in [7, 11) is 0. The Kier molecular flexibility index (Phi) is 10.8. The van der Waals surface area contributed by atoms with Gasteiger partial charge in [-0.2, -0.15) is 0 Å². The quantitative estimate of drug-likeness (QED) is 0.360. The van der Waals surface area contributed by atoms with E-state index < -0.39 is 6.04 Å². The van der Waals surface area contributed by atoms with Crippen molar-refractivity contribution < 1.29 is 9.59 Å². The molecule has 2 aromatic carbocycles. The smallest absolute Gasteiger partial charge is 0.242 e. The molecule has 0 fully saturated rings. The fourth-order valence-corrected chi connectivity index (χ4v) is 4.07. The van der Waals surface area contributed by atoms with E-state index in [1.54, 1.807) is 4.90 Å². The maximum absolute atomic E-state index is 13.1. The van der Waals surface area contributed by atoms with Gasteiger partial charge in [-0.25, -0.2) is 0 Å². The number of nitrogens with one attached hydrogen (secondary N) is 1. The van der Waals surface area contributed by atoms with E-state index in [0.717, 1.165) is 29.7 Å². The van der Waals surface area contributed by atoms with Crippen molar-refractivity contribution in [2.45, 2.75) is 50.5 Å². The number of rotatable bonds is 12. The highest BCUT2D eigenvalue weighted by atomic mass is 35.5. The van der Waals surface area contributed by atoms with Crippen LogP contribution in [0, 0.1) is 0 Å². The van der Waals surface area contributed by atoms with E-state index >= 15 is 0 Å². The largest absolute Gasteiger partial charge is 0.354 e. The Morgan fingerprint density at radius 2 is 1.77 bits per heavy atom. The fourth-order valence-electron chi connectivity index (χ4n) is 3.16. The second kappa shape index (κ2) is 13.3. The Morgan fingerprint density at radius 3 is 2.40 bits per heavy atom. The van der Waals surface area contributed by atoms with Crippen LogP contribution in [0.5, 0.6) is 0 Å². The maximum atomic E-state index is 13.1. The third kappa shape index (κ3) is 8.04. The molecule has 0 aliphatic carbocycles. The Balaban J connectivity index is 2.08. The van der Waals surface area contributed by atoms with Gasteiger partial charge in [0.2, 0.25) is 11.8 Å². The van der Waals surface area contributed by atoms with E-state index in [4.69, 9.17) is 11.6 Å². The summed E-state index contributed by atoms with van der Waals surface area (Å²) in [6.45, 7) is 5.21. The fraction of sp³-hybridized carbons (Fsp3) is 0.417. The van der Waals surface area contributed by atoms with Crippen LogP contribution in [0.3, 0.4) is 0 Å². The van der Waals surface area contributed by atoms with E-state index in [-0.39, 0.29) is 17.6 Å². The van der Waals surface area contributed by atoms with Crippen LogP contribution in [-0.4, -0.2) is 41.6 Å². The first-order valence-electron chi connectivity index (χ1n) is 10.5. The topological polar surface area (TPSA) is 49.4 Å². The van der Waals surface area contributed by atoms with E-state index in [0.29, 0.717) is 24.5 Å². The van der Waals surface area contributed by atoms with Crippen LogP contribution in [-0.2, 0) is 16.0 Å². The number of unbranched alkanes of at least 4 members (excludes halogenated alkanes) is 1. The second-order valence-corrected chi connectivity index (χ2v) is 8.62. The number of carbonyl (C=O) groups excluding carboxylic acids is 2. The van der Waals surface area contributed by atoms with Gasteiger partial charge in [0, 0.05) is 23.0 Å². The minimum absolute atomic E-state index is 0.0247. The number of amides is 2. The van der Waals surface area contributed by atoms with Crippen LogP contribution in [0.1, 0.15) is 38.7 Å². The Bertz CT molecular complexity index is 784. The van der Waals surface area contributed by atoms with Gasteiger partial charge in [0.05, 0.1) is 5.75 Å². The predicted octanol–water partition coefficient (Wildman–Crippen LogP) is 5.20. The lowest BCUT2D eigenvalue weighted by molar-refractivity contribution is -0.138. The average Bonchev–Trinajstić information content (AvgIpc) is 2.76. The molecule has 2 amide bonds. The van der Waals surface area contributed by atoms with Crippen molar-refractivity contribution in [1.82, 2.24) is 10.2 Å². The van der Waals surface area contributed by atoms with Crippen molar-refractivity contribution in [1.29, 1.82) is 0 Å². The Hall–Kier alpha value is -1.98. The molecular weight excluding hydrogens is 416 g/mol. The highest BCUT2D eigenvalue weighted by Crippen LogP contribution is 2.21. The van der Waals surface area contributed by atoms with Crippen molar-refractivity contribution >= 4 is 35.2 Å². The molecule has 0 aliphatic rings. The molecule has 0 unspecified atom stereocenters. The zero-order valence-electron chi connectivity index (χ0n) is 17.8. The molecule has 0 aliphatic heterocycles.